The minimum atomic E-state index is 0.359. The lowest BCUT2D eigenvalue weighted by Crippen LogP contribution is -2.19. The van der Waals surface area contributed by atoms with E-state index in [1.54, 1.807) is 0 Å². The summed E-state index contributed by atoms with van der Waals surface area (Å²) in [5.41, 5.74) is 10.4. The fourth-order valence-corrected chi connectivity index (χ4v) is 4.04. The Morgan fingerprint density at radius 2 is 1.77 bits per heavy atom. The van der Waals surface area contributed by atoms with Gasteiger partial charge in [-0.15, -0.1) is 0 Å². The van der Waals surface area contributed by atoms with Crippen LogP contribution in [0.1, 0.15) is 24.4 Å². The predicted octanol–water partition coefficient (Wildman–Crippen LogP) is 4.61. The Hall–Kier alpha value is -3.38. The fourth-order valence-electron chi connectivity index (χ4n) is 4.04. The summed E-state index contributed by atoms with van der Waals surface area (Å²) in [5, 5.41) is 0.905. The summed E-state index contributed by atoms with van der Waals surface area (Å²) in [6.07, 6.45) is 5.64. The van der Waals surface area contributed by atoms with Gasteiger partial charge < -0.3 is 19.8 Å². The third-order valence-electron chi connectivity index (χ3n) is 5.64. The number of nitrogens with zero attached hydrogens (tertiary/aromatic N) is 3. The number of hydrogen-bond acceptors (Lipinski definition) is 5. The Morgan fingerprint density at radius 3 is 2.53 bits per heavy atom. The van der Waals surface area contributed by atoms with Crippen LogP contribution in [0.15, 0.2) is 67.1 Å². The van der Waals surface area contributed by atoms with Crippen LogP contribution in [0.5, 0.6) is 5.75 Å². The van der Waals surface area contributed by atoms with E-state index in [9.17, 15) is 0 Å². The molecule has 0 spiro atoms. The molecule has 1 aliphatic heterocycles. The summed E-state index contributed by atoms with van der Waals surface area (Å²) < 4.78 is 13.7. The van der Waals surface area contributed by atoms with Gasteiger partial charge in [-0.2, -0.15) is 0 Å². The van der Waals surface area contributed by atoms with Crippen molar-refractivity contribution in [2.45, 2.75) is 25.5 Å². The van der Waals surface area contributed by atoms with Crippen molar-refractivity contribution in [3.8, 4) is 16.9 Å². The lowest BCUT2D eigenvalue weighted by atomic mass is 10.1. The van der Waals surface area contributed by atoms with Gasteiger partial charge >= 0.3 is 0 Å². The molecular formula is C24H24N4O2. The van der Waals surface area contributed by atoms with Crippen LogP contribution in [-0.4, -0.2) is 27.7 Å². The summed E-state index contributed by atoms with van der Waals surface area (Å²) in [6, 6.07) is 18.6. The van der Waals surface area contributed by atoms with Crippen LogP contribution in [0.3, 0.4) is 0 Å². The van der Waals surface area contributed by atoms with E-state index in [4.69, 9.17) is 15.2 Å². The Morgan fingerprint density at radius 1 is 1.00 bits per heavy atom. The zero-order chi connectivity index (χ0) is 20.3. The van der Waals surface area contributed by atoms with Crippen molar-refractivity contribution in [3.63, 3.8) is 0 Å². The summed E-state index contributed by atoms with van der Waals surface area (Å²) in [4.78, 5) is 8.79. The molecule has 4 aromatic rings. The SMILES string of the molecule is Nc1ncnc2c1c(-c1ccc(OCc3ccccc3)cc1)cn2C1CCOCC1. The number of nitrogen functional groups attached to an aromatic ring is 1. The van der Waals surface area contributed by atoms with Crippen LogP contribution in [0.2, 0.25) is 0 Å². The van der Waals surface area contributed by atoms with Gasteiger partial charge in [0.25, 0.3) is 0 Å². The highest BCUT2D eigenvalue weighted by Crippen LogP contribution is 2.36. The first-order chi connectivity index (χ1) is 14.8. The molecule has 2 aromatic heterocycles. The predicted molar refractivity (Wildman–Crippen MR) is 117 cm³/mol. The molecule has 2 N–H and O–H groups in total. The molecule has 2 aromatic carbocycles. The first kappa shape index (κ1) is 18.6. The van der Waals surface area contributed by atoms with E-state index in [0.29, 0.717) is 18.5 Å². The molecule has 1 fully saturated rings. The highest BCUT2D eigenvalue weighted by molar-refractivity contribution is 6.00. The summed E-state index contributed by atoms with van der Waals surface area (Å²) >= 11 is 0. The summed E-state index contributed by atoms with van der Waals surface area (Å²) in [5.74, 6) is 1.34. The molecule has 0 saturated carbocycles. The Labute approximate surface area is 175 Å². The van der Waals surface area contributed by atoms with Gasteiger partial charge in [0, 0.05) is 31.0 Å². The Balaban J connectivity index is 1.45. The normalized spacial score (nSPS) is 14.8. The van der Waals surface area contributed by atoms with Crippen molar-refractivity contribution >= 4 is 16.9 Å². The molecule has 0 radical (unpaired) electrons. The van der Waals surface area contributed by atoms with Crippen LogP contribution < -0.4 is 10.5 Å². The summed E-state index contributed by atoms with van der Waals surface area (Å²) in [6.45, 7) is 2.09. The number of nitrogens with two attached hydrogens (primary N) is 1. The maximum atomic E-state index is 6.27. The standard InChI is InChI=1S/C24H24N4O2/c25-23-22-21(14-28(24(22)27-16-26-23)19-10-12-29-13-11-19)18-6-8-20(9-7-18)30-15-17-4-2-1-3-5-17/h1-9,14,16,19H,10-13,15H2,(H2,25,26,27). The molecule has 30 heavy (non-hydrogen) atoms. The number of rotatable bonds is 5. The highest BCUT2D eigenvalue weighted by Gasteiger charge is 2.22. The molecule has 0 amide bonds. The van der Waals surface area contributed by atoms with Crippen molar-refractivity contribution in [1.82, 2.24) is 14.5 Å². The van der Waals surface area contributed by atoms with Gasteiger partial charge in [0.2, 0.25) is 0 Å². The van der Waals surface area contributed by atoms with Gasteiger partial charge in [0.05, 0.1) is 5.39 Å². The molecule has 152 valence electrons. The van der Waals surface area contributed by atoms with Gasteiger partial charge in [0.1, 0.15) is 30.1 Å². The van der Waals surface area contributed by atoms with Gasteiger partial charge in [0.15, 0.2) is 0 Å². The first-order valence-corrected chi connectivity index (χ1v) is 10.3. The van der Waals surface area contributed by atoms with Gasteiger partial charge in [-0.25, -0.2) is 9.97 Å². The minimum absolute atomic E-state index is 0.359. The van der Waals surface area contributed by atoms with E-state index in [-0.39, 0.29) is 0 Å². The molecule has 0 aliphatic carbocycles. The Kier molecular flexibility index (Phi) is 5.07. The number of aromatic nitrogens is 3. The van der Waals surface area contributed by atoms with E-state index in [1.165, 1.54) is 6.33 Å². The van der Waals surface area contributed by atoms with Gasteiger partial charge in [-0.1, -0.05) is 42.5 Å². The molecule has 1 saturated heterocycles. The first-order valence-electron chi connectivity index (χ1n) is 10.3. The van der Waals surface area contributed by atoms with E-state index >= 15 is 0 Å². The zero-order valence-electron chi connectivity index (χ0n) is 16.7. The van der Waals surface area contributed by atoms with Crippen LogP contribution in [0.25, 0.3) is 22.2 Å². The minimum Gasteiger partial charge on any atom is -0.489 e. The second-order valence-corrected chi connectivity index (χ2v) is 7.55. The second kappa shape index (κ2) is 8.16. The van der Waals surface area contributed by atoms with E-state index < -0.39 is 0 Å². The van der Waals surface area contributed by atoms with E-state index in [2.05, 4.69) is 45.0 Å². The average molecular weight is 400 g/mol. The number of anilines is 1. The van der Waals surface area contributed by atoms with Gasteiger partial charge in [-0.05, 0) is 36.1 Å². The van der Waals surface area contributed by atoms with Crippen LogP contribution in [0, 0.1) is 0 Å². The maximum Gasteiger partial charge on any atom is 0.146 e. The smallest absolute Gasteiger partial charge is 0.146 e. The average Bonchev–Trinajstić information content (AvgIpc) is 3.20. The van der Waals surface area contributed by atoms with Crippen molar-refractivity contribution in [1.29, 1.82) is 0 Å². The van der Waals surface area contributed by atoms with Crippen LogP contribution in [0.4, 0.5) is 5.82 Å². The van der Waals surface area contributed by atoms with Crippen molar-refractivity contribution in [2.75, 3.05) is 18.9 Å². The van der Waals surface area contributed by atoms with Gasteiger partial charge in [-0.3, -0.25) is 0 Å². The second-order valence-electron chi connectivity index (χ2n) is 7.55. The third kappa shape index (κ3) is 3.62. The third-order valence-corrected chi connectivity index (χ3v) is 5.64. The van der Waals surface area contributed by atoms with E-state index in [1.807, 2.05) is 30.3 Å². The molecular weight excluding hydrogens is 376 g/mol. The zero-order valence-corrected chi connectivity index (χ0v) is 16.7. The number of hydrogen-bond donors (Lipinski definition) is 1. The largest absolute Gasteiger partial charge is 0.489 e. The highest BCUT2D eigenvalue weighted by atomic mass is 16.5. The molecule has 1 aliphatic rings. The van der Waals surface area contributed by atoms with Crippen molar-refractivity contribution in [3.05, 3.63) is 72.7 Å². The summed E-state index contributed by atoms with van der Waals surface area (Å²) in [7, 11) is 0. The monoisotopic (exact) mass is 400 g/mol. The number of ether oxygens (including phenoxy) is 2. The number of benzene rings is 2. The quantitative estimate of drug-likeness (QED) is 0.529. The lowest BCUT2D eigenvalue weighted by molar-refractivity contribution is 0.0706. The topological polar surface area (TPSA) is 75.2 Å². The Bertz CT molecular complexity index is 1130. The molecule has 0 atom stereocenters. The molecule has 5 rings (SSSR count). The molecule has 0 bridgehead atoms. The van der Waals surface area contributed by atoms with Crippen molar-refractivity contribution < 1.29 is 9.47 Å². The molecule has 6 nitrogen and oxygen atoms in total. The van der Waals surface area contributed by atoms with Crippen LogP contribution in [-0.2, 0) is 11.3 Å². The van der Waals surface area contributed by atoms with Crippen LogP contribution >= 0.6 is 0 Å². The molecule has 3 heterocycles. The lowest BCUT2D eigenvalue weighted by Gasteiger charge is -2.24. The fraction of sp³-hybridized carbons (Fsp3) is 0.250. The molecule has 0 unspecified atom stereocenters. The van der Waals surface area contributed by atoms with E-state index in [0.717, 1.165) is 59.5 Å². The maximum absolute atomic E-state index is 6.27. The van der Waals surface area contributed by atoms with Crippen molar-refractivity contribution in [2.24, 2.45) is 0 Å². The molecule has 6 heteroatoms. The number of fused-ring (bicyclic) bond motifs is 1.